The molecule has 3 nitrogen and oxygen atoms in total. The number of nitrogens with two attached hydrogens (primary N) is 1. The second-order valence-corrected chi connectivity index (χ2v) is 5.13. The summed E-state index contributed by atoms with van der Waals surface area (Å²) in [5, 5.41) is 0. The lowest BCUT2D eigenvalue weighted by molar-refractivity contribution is -0.137. The maximum Gasteiger partial charge on any atom is 0.227 e. The molecule has 1 aliphatic heterocycles. The van der Waals surface area contributed by atoms with Crippen molar-refractivity contribution in [3.63, 3.8) is 0 Å². The Morgan fingerprint density at radius 2 is 1.88 bits per heavy atom. The van der Waals surface area contributed by atoms with Crippen molar-refractivity contribution in [2.75, 3.05) is 13.1 Å². The zero-order chi connectivity index (χ0) is 11.5. The summed E-state index contributed by atoms with van der Waals surface area (Å²) in [4.78, 5) is 14.3. The molecule has 2 rings (SSSR count). The number of piperidine rings is 1. The first kappa shape index (κ1) is 11.6. The van der Waals surface area contributed by atoms with Gasteiger partial charge in [-0.15, -0.1) is 0 Å². The van der Waals surface area contributed by atoms with Gasteiger partial charge in [0.05, 0.1) is 5.92 Å². The van der Waals surface area contributed by atoms with Gasteiger partial charge in [0, 0.05) is 19.1 Å². The summed E-state index contributed by atoms with van der Waals surface area (Å²) in [6.07, 6.45) is 6.27. The normalized spacial score (nSPS) is 31.6. The Kier molecular flexibility index (Phi) is 3.64. The van der Waals surface area contributed by atoms with Crippen molar-refractivity contribution in [1.82, 2.24) is 4.90 Å². The van der Waals surface area contributed by atoms with Crippen LogP contribution in [0.15, 0.2) is 12.2 Å². The Bertz CT molecular complexity index is 278. The number of hydrogen-bond donors (Lipinski definition) is 1. The van der Waals surface area contributed by atoms with E-state index in [0.29, 0.717) is 5.91 Å². The van der Waals surface area contributed by atoms with Crippen LogP contribution in [0.3, 0.4) is 0 Å². The van der Waals surface area contributed by atoms with Gasteiger partial charge in [0.2, 0.25) is 5.91 Å². The first-order valence-electron chi connectivity index (χ1n) is 6.39. The molecule has 1 saturated carbocycles. The molecular formula is C13H22N2O. The highest BCUT2D eigenvalue weighted by atomic mass is 16.2. The number of likely N-dealkylation sites (tertiary alicyclic amines) is 1. The third-order valence-corrected chi connectivity index (χ3v) is 3.92. The Morgan fingerprint density at radius 3 is 2.50 bits per heavy atom. The van der Waals surface area contributed by atoms with Crippen LogP contribution in [0.5, 0.6) is 0 Å². The SMILES string of the molecule is C=C1CCN(C(=O)[C@@H]2CCCC[C@@H]2N)CC1. The summed E-state index contributed by atoms with van der Waals surface area (Å²) in [6.45, 7) is 5.67. The maximum atomic E-state index is 12.3. The number of carbonyl (C=O) groups excluding carboxylic acids is 1. The lowest BCUT2D eigenvalue weighted by Crippen LogP contribution is -2.47. The molecule has 90 valence electrons. The van der Waals surface area contributed by atoms with Crippen molar-refractivity contribution in [2.24, 2.45) is 11.7 Å². The van der Waals surface area contributed by atoms with Crippen LogP contribution in [0.2, 0.25) is 0 Å². The molecule has 0 aromatic carbocycles. The third-order valence-electron chi connectivity index (χ3n) is 3.92. The van der Waals surface area contributed by atoms with Gasteiger partial charge >= 0.3 is 0 Å². The van der Waals surface area contributed by atoms with Gasteiger partial charge in [0.25, 0.3) is 0 Å². The fourth-order valence-electron chi connectivity index (χ4n) is 2.74. The van der Waals surface area contributed by atoms with Gasteiger partial charge in [-0.1, -0.05) is 25.0 Å². The molecule has 1 saturated heterocycles. The second-order valence-electron chi connectivity index (χ2n) is 5.13. The molecule has 2 atom stereocenters. The van der Waals surface area contributed by atoms with Crippen LogP contribution in [0.4, 0.5) is 0 Å². The van der Waals surface area contributed by atoms with Crippen molar-refractivity contribution >= 4 is 5.91 Å². The lowest BCUT2D eigenvalue weighted by atomic mass is 9.84. The van der Waals surface area contributed by atoms with E-state index in [0.717, 1.165) is 45.2 Å². The number of nitrogens with zero attached hydrogens (tertiary/aromatic N) is 1. The Morgan fingerprint density at radius 1 is 1.25 bits per heavy atom. The van der Waals surface area contributed by atoms with Crippen molar-refractivity contribution in [3.05, 3.63) is 12.2 Å². The minimum absolute atomic E-state index is 0.0834. The molecule has 1 aliphatic carbocycles. The average Bonchev–Trinajstić information content (AvgIpc) is 2.30. The molecule has 0 aromatic rings. The quantitative estimate of drug-likeness (QED) is 0.686. The van der Waals surface area contributed by atoms with E-state index in [4.69, 9.17) is 5.73 Å². The van der Waals surface area contributed by atoms with E-state index >= 15 is 0 Å². The minimum atomic E-state index is 0.0834. The molecule has 0 bridgehead atoms. The summed E-state index contributed by atoms with van der Waals surface area (Å²) in [6, 6.07) is 0.0892. The van der Waals surface area contributed by atoms with E-state index in [1.807, 2.05) is 4.90 Å². The fraction of sp³-hybridized carbons (Fsp3) is 0.769. The monoisotopic (exact) mass is 222 g/mol. The van der Waals surface area contributed by atoms with E-state index in [1.165, 1.54) is 12.0 Å². The van der Waals surface area contributed by atoms with Gasteiger partial charge in [-0.3, -0.25) is 4.79 Å². The zero-order valence-electron chi connectivity index (χ0n) is 9.95. The highest BCUT2D eigenvalue weighted by molar-refractivity contribution is 5.79. The Balaban J connectivity index is 1.93. The highest BCUT2D eigenvalue weighted by Gasteiger charge is 2.32. The van der Waals surface area contributed by atoms with Crippen LogP contribution in [0, 0.1) is 5.92 Å². The topological polar surface area (TPSA) is 46.3 Å². The highest BCUT2D eigenvalue weighted by Crippen LogP contribution is 2.26. The van der Waals surface area contributed by atoms with Crippen LogP contribution in [0.1, 0.15) is 38.5 Å². The van der Waals surface area contributed by atoms with Crippen molar-refractivity contribution < 1.29 is 4.79 Å². The molecule has 2 N–H and O–H groups in total. The van der Waals surface area contributed by atoms with Crippen LogP contribution >= 0.6 is 0 Å². The molecule has 0 unspecified atom stereocenters. The summed E-state index contributed by atoms with van der Waals surface area (Å²) in [5.41, 5.74) is 7.32. The standard InChI is InChI=1S/C13H22N2O/c1-10-6-8-15(9-7-10)13(16)11-4-2-3-5-12(11)14/h11-12H,1-9,14H2/t11-,12+/m1/s1. The molecule has 0 aromatic heterocycles. The molecule has 0 spiro atoms. The average molecular weight is 222 g/mol. The van der Waals surface area contributed by atoms with Gasteiger partial charge in [-0.25, -0.2) is 0 Å². The van der Waals surface area contributed by atoms with E-state index in [1.54, 1.807) is 0 Å². The number of rotatable bonds is 1. The molecule has 0 radical (unpaired) electrons. The van der Waals surface area contributed by atoms with Crippen LogP contribution < -0.4 is 5.73 Å². The zero-order valence-corrected chi connectivity index (χ0v) is 9.95. The predicted octanol–water partition coefficient (Wildman–Crippen LogP) is 1.68. The van der Waals surface area contributed by atoms with Crippen molar-refractivity contribution in [3.8, 4) is 0 Å². The lowest BCUT2D eigenvalue weighted by Gasteiger charge is -2.35. The minimum Gasteiger partial charge on any atom is -0.342 e. The molecule has 1 heterocycles. The maximum absolute atomic E-state index is 12.3. The molecule has 2 aliphatic rings. The summed E-state index contributed by atoms with van der Waals surface area (Å²) >= 11 is 0. The number of hydrogen-bond acceptors (Lipinski definition) is 2. The largest absolute Gasteiger partial charge is 0.342 e. The molecular weight excluding hydrogens is 200 g/mol. The molecule has 1 amide bonds. The van der Waals surface area contributed by atoms with Crippen LogP contribution in [-0.2, 0) is 4.79 Å². The smallest absolute Gasteiger partial charge is 0.227 e. The Hall–Kier alpha value is -0.830. The molecule has 16 heavy (non-hydrogen) atoms. The van der Waals surface area contributed by atoms with Crippen LogP contribution in [-0.4, -0.2) is 29.9 Å². The van der Waals surface area contributed by atoms with E-state index in [-0.39, 0.29) is 12.0 Å². The number of carbonyl (C=O) groups is 1. The molecule has 3 heteroatoms. The molecule has 2 fully saturated rings. The van der Waals surface area contributed by atoms with Gasteiger partial charge in [-0.2, -0.15) is 0 Å². The van der Waals surface area contributed by atoms with E-state index in [9.17, 15) is 4.79 Å². The van der Waals surface area contributed by atoms with Gasteiger partial charge < -0.3 is 10.6 Å². The Labute approximate surface area is 97.7 Å². The first-order chi connectivity index (χ1) is 7.68. The van der Waals surface area contributed by atoms with E-state index in [2.05, 4.69) is 6.58 Å². The first-order valence-corrected chi connectivity index (χ1v) is 6.39. The third kappa shape index (κ3) is 2.46. The summed E-state index contributed by atoms with van der Waals surface area (Å²) in [5.74, 6) is 0.375. The predicted molar refractivity (Wildman–Crippen MR) is 64.9 cm³/mol. The van der Waals surface area contributed by atoms with Crippen molar-refractivity contribution in [2.45, 2.75) is 44.6 Å². The fourth-order valence-corrected chi connectivity index (χ4v) is 2.74. The van der Waals surface area contributed by atoms with Gasteiger partial charge in [-0.05, 0) is 25.7 Å². The summed E-state index contributed by atoms with van der Waals surface area (Å²) in [7, 11) is 0. The summed E-state index contributed by atoms with van der Waals surface area (Å²) < 4.78 is 0. The van der Waals surface area contributed by atoms with E-state index < -0.39 is 0 Å². The van der Waals surface area contributed by atoms with Gasteiger partial charge in [0.15, 0.2) is 0 Å². The number of amides is 1. The van der Waals surface area contributed by atoms with Crippen molar-refractivity contribution in [1.29, 1.82) is 0 Å². The van der Waals surface area contributed by atoms with Gasteiger partial charge in [0.1, 0.15) is 0 Å². The second kappa shape index (κ2) is 5.00. The van der Waals surface area contributed by atoms with Crippen LogP contribution in [0.25, 0.3) is 0 Å².